The summed E-state index contributed by atoms with van der Waals surface area (Å²) in [7, 11) is 0. The summed E-state index contributed by atoms with van der Waals surface area (Å²) in [6.07, 6.45) is 0. The topological polar surface area (TPSA) is 69.9 Å². The minimum absolute atomic E-state index is 0.550. The fourth-order valence-electron chi connectivity index (χ4n) is 9.46. The van der Waals surface area contributed by atoms with Gasteiger partial charge in [-0.15, -0.1) is 0 Å². The number of benzene rings is 9. The van der Waals surface area contributed by atoms with Crippen molar-refractivity contribution >= 4 is 65.7 Å². The van der Waals surface area contributed by atoms with Gasteiger partial charge in [0.25, 0.3) is 0 Å². The summed E-state index contributed by atoms with van der Waals surface area (Å²) in [6, 6.07) is 71.3. The molecule has 63 heavy (non-hydrogen) atoms. The molecule has 0 bridgehead atoms. The Balaban J connectivity index is 1.16. The maximum Gasteiger partial charge on any atom is 0.166 e. The highest BCUT2D eigenvalue weighted by Gasteiger charge is 2.26. The summed E-state index contributed by atoms with van der Waals surface area (Å²) >= 11 is 0. The highest BCUT2D eigenvalue weighted by molar-refractivity contribution is 6.22. The largest absolute Gasteiger partial charge is 0.456 e. The van der Waals surface area contributed by atoms with Gasteiger partial charge in [-0.1, -0.05) is 164 Å². The van der Waals surface area contributed by atoms with Crippen molar-refractivity contribution in [3.8, 4) is 62.1 Å². The first-order valence-corrected chi connectivity index (χ1v) is 21.1. The second-order valence-corrected chi connectivity index (χ2v) is 15.9. The Labute approximate surface area is 361 Å². The van der Waals surface area contributed by atoms with Crippen molar-refractivity contribution < 1.29 is 8.83 Å². The lowest BCUT2D eigenvalue weighted by Crippen LogP contribution is -2.04. The number of para-hydroxylation sites is 4. The van der Waals surface area contributed by atoms with E-state index >= 15 is 0 Å². The fourth-order valence-corrected chi connectivity index (χ4v) is 9.46. The molecule has 0 saturated carbocycles. The molecule has 9 aromatic carbocycles. The molecule has 0 N–H and O–H groups in total. The highest BCUT2D eigenvalue weighted by Crippen LogP contribution is 2.47. The molecule has 13 aromatic rings. The predicted molar refractivity (Wildman–Crippen MR) is 256 cm³/mol. The lowest BCUT2D eigenvalue weighted by molar-refractivity contribution is 0.668. The summed E-state index contributed by atoms with van der Waals surface area (Å²) < 4.78 is 15.9. The van der Waals surface area contributed by atoms with Gasteiger partial charge in [-0.3, -0.25) is 0 Å². The van der Waals surface area contributed by atoms with E-state index in [1.807, 2.05) is 36.4 Å². The molecule has 6 heteroatoms. The van der Waals surface area contributed by atoms with E-state index in [1.54, 1.807) is 0 Å². The second kappa shape index (κ2) is 14.0. The molecule has 0 fully saturated rings. The Bertz CT molecular complexity index is 3870. The Morgan fingerprint density at radius 3 is 1.63 bits per heavy atom. The van der Waals surface area contributed by atoms with Crippen LogP contribution in [0.5, 0.6) is 0 Å². The van der Waals surface area contributed by atoms with Gasteiger partial charge in [0, 0.05) is 49.2 Å². The number of hydrogen-bond donors (Lipinski definition) is 0. The number of nitrogens with zero attached hydrogens (tertiary/aromatic N) is 4. The van der Waals surface area contributed by atoms with Crippen LogP contribution in [-0.4, -0.2) is 19.5 Å². The van der Waals surface area contributed by atoms with Crippen molar-refractivity contribution in [3.05, 3.63) is 206 Å². The van der Waals surface area contributed by atoms with E-state index in [4.69, 9.17) is 23.8 Å². The fraction of sp³-hybridized carbons (Fsp3) is 0. The van der Waals surface area contributed by atoms with E-state index in [9.17, 15) is 0 Å². The molecule has 13 rings (SSSR count). The normalized spacial score (nSPS) is 11.8. The van der Waals surface area contributed by atoms with E-state index in [0.717, 1.165) is 110 Å². The SMILES string of the molecule is c1ccc(-c2cccc(-c3nc(-c4ccccc4)nc(-c4ccc5oc6cccc(-c7cccc8c7oc7ccccc78)c6c5c4-n4c5ccccc5c5ccccc54)n3)c2)cc1. The lowest BCUT2D eigenvalue weighted by atomic mass is 9.95. The number of furan rings is 2. The summed E-state index contributed by atoms with van der Waals surface area (Å²) in [4.78, 5) is 15.9. The van der Waals surface area contributed by atoms with Crippen molar-refractivity contribution in [2.24, 2.45) is 0 Å². The second-order valence-electron chi connectivity index (χ2n) is 15.9. The van der Waals surface area contributed by atoms with Crippen molar-refractivity contribution in [2.75, 3.05) is 0 Å². The number of rotatable bonds is 6. The third kappa shape index (κ3) is 5.55. The summed E-state index contributed by atoms with van der Waals surface area (Å²) in [5, 5.41) is 6.38. The van der Waals surface area contributed by atoms with Crippen LogP contribution in [-0.2, 0) is 0 Å². The first kappa shape index (κ1) is 35.2. The molecule has 0 aliphatic heterocycles. The summed E-state index contributed by atoms with van der Waals surface area (Å²) in [5.41, 5.74) is 13.1. The van der Waals surface area contributed by atoms with Gasteiger partial charge in [-0.25, -0.2) is 15.0 Å². The number of fused-ring (bicyclic) bond motifs is 9. The van der Waals surface area contributed by atoms with Crippen LogP contribution in [0.3, 0.4) is 0 Å². The van der Waals surface area contributed by atoms with Crippen LogP contribution in [0, 0.1) is 0 Å². The quantitative estimate of drug-likeness (QED) is 0.167. The first-order chi connectivity index (χ1) is 31.2. The van der Waals surface area contributed by atoms with Gasteiger partial charge in [0.05, 0.1) is 22.1 Å². The van der Waals surface area contributed by atoms with Crippen molar-refractivity contribution in [1.29, 1.82) is 0 Å². The predicted octanol–water partition coefficient (Wildman–Crippen LogP) is 15.1. The smallest absolute Gasteiger partial charge is 0.166 e. The molecule has 0 unspecified atom stereocenters. The molecule has 0 amide bonds. The average molecular weight is 807 g/mol. The average Bonchev–Trinajstić information content (AvgIpc) is 4.04. The lowest BCUT2D eigenvalue weighted by Gasteiger charge is -2.16. The van der Waals surface area contributed by atoms with Gasteiger partial charge in [-0.05, 0) is 59.2 Å². The van der Waals surface area contributed by atoms with Crippen LogP contribution in [0.4, 0.5) is 0 Å². The molecular formula is C57H34N4O2. The zero-order valence-electron chi connectivity index (χ0n) is 33.7. The zero-order valence-corrected chi connectivity index (χ0v) is 33.7. The van der Waals surface area contributed by atoms with Gasteiger partial charge in [0.2, 0.25) is 0 Å². The highest BCUT2D eigenvalue weighted by atomic mass is 16.3. The molecule has 0 saturated heterocycles. The minimum atomic E-state index is 0.550. The molecule has 0 spiro atoms. The standard InChI is InChI=1S/C57H34N4O2/c1-3-16-35(17-4-1)37-20-13-21-38(34-37)56-58-55(36-18-5-2-6-19-36)59-57(60-56)45-32-33-50-52(53(45)61-46-28-10-7-22-39(46)40-23-8-11-29-47(40)61)51-42(25-15-31-49(51)62-50)44-27-14-26-43-41-24-9-12-30-48(41)63-54(43)44/h1-34H. The van der Waals surface area contributed by atoms with E-state index in [-0.39, 0.29) is 0 Å². The minimum Gasteiger partial charge on any atom is -0.456 e. The molecular weight excluding hydrogens is 773 g/mol. The van der Waals surface area contributed by atoms with Crippen molar-refractivity contribution in [2.45, 2.75) is 0 Å². The van der Waals surface area contributed by atoms with Gasteiger partial charge in [-0.2, -0.15) is 0 Å². The third-order valence-corrected chi connectivity index (χ3v) is 12.3. The zero-order chi connectivity index (χ0) is 41.4. The van der Waals surface area contributed by atoms with Crippen molar-refractivity contribution in [3.63, 3.8) is 0 Å². The maximum absolute atomic E-state index is 6.88. The van der Waals surface area contributed by atoms with E-state index in [0.29, 0.717) is 17.5 Å². The van der Waals surface area contributed by atoms with Crippen LogP contribution >= 0.6 is 0 Å². The molecule has 294 valence electrons. The molecule has 0 aliphatic carbocycles. The molecule has 0 radical (unpaired) electrons. The van der Waals surface area contributed by atoms with Crippen LogP contribution in [0.25, 0.3) is 128 Å². The van der Waals surface area contributed by atoms with Crippen LogP contribution in [0.2, 0.25) is 0 Å². The Morgan fingerprint density at radius 1 is 0.317 bits per heavy atom. The molecule has 0 aliphatic rings. The van der Waals surface area contributed by atoms with Gasteiger partial charge >= 0.3 is 0 Å². The van der Waals surface area contributed by atoms with Gasteiger partial charge in [0.1, 0.15) is 22.3 Å². The van der Waals surface area contributed by atoms with Crippen LogP contribution in [0.1, 0.15) is 0 Å². The Kier molecular flexibility index (Phi) is 7.80. The molecule has 6 nitrogen and oxygen atoms in total. The molecule has 0 atom stereocenters. The monoisotopic (exact) mass is 806 g/mol. The van der Waals surface area contributed by atoms with E-state index < -0.39 is 0 Å². The third-order valence-electron chi connectivity index (χ3n) is 12.3. The van der Waals surface area contributed by atoms with E-state index in [2.05, 4.69) is 174 Å². The number of hydrogen-bond acceptors (Lipinski definition) is 5. The maximum atomic E-state index is 6.88. The Hall–Kier alpha value is -8.61. The number of aromatic nitrogens is 4. The summed E-state index contributed by atoms with van der Waals surface area (Å²) in [6.45, 7) is 0. The van der Waals surface area contributed by atoms with Gasteiger partial charge < -0.3 is 13.4 Å². The van der Waals surface area contributed by atoms with Crippen LogP contribution in [0.15, 0.2) is 215 Å². The van der Waals surface area contributed by atoms with E-state index in [1.165, 1.54) is 0 Å². The van der Waals surface area contributed by atoms with Gasteiger partial charge in [0.15, 0.2) is 17.5 Å². The Morgan fingerprint density at radius 2 is 0.857 bits per heavy atom. The molecule has 4 heterocycles. The molecule has 4 aromatic heterocycles. The van der Waals surface area contributed by atoms with Crippen molar-refractivity contribution in [1.82, 2.24) is 19.5 Å². The summed E-state index contributed by atoms with van der Waals surface area (Å²) in [5.74, 6) is 1.72. The first-order valence-electron chi connectivity index (χ1n) is 21.1. The van der Waals surface area contributed by atoms with Crippen LogP contribution < -0.4 is 0 Å².